The number of nitrogens with zero attached hydrogens (tertiary/aromatic N) is 1. The fourth-order valence-corrected chi connectivity index (χ4v) is 2.07. The van der Waals surface area contributed by atoms with Crippen LogP contribution in [-0.2, 0) is 11.0 Å². The van der Waals surface area contributed by atoms with Crippen LogP contribution in [0.2, 0.25) is 0 Å². The molecule has 0 radical (unpaired) electrons. The summed E-state index contributed by atoms with van der Waals surface area (Å²) < 4.78 is 37.2. The Hall–Kier alpha value is -1.89. The summed E-state index contributed by atoms with van der Waals surface area (Å²) in [4.78, 5) is 13.8. The van der Waals surface area contributed by atoms with Gasteiger partial charge in [-0.3, -0.25) is 4.79 Å². The van der Waals surface area contributed by atoms with Gasteiger partial charge in [-0.15, -0.1) is 11.3 Å². The van der Waals surface area contributed by atoms with Gasteiger partial charge in [0.25, 0.3) is 0 Å². The largest absolute Gasteiger partial charge is 0.443 e. The van der Waals surface area contributed by atoms with Crippen LogP contribution in [0.15, 0.2) is 29.6 Å². The van der Waals surface area contributed by atoms with Gasteiger partial charge < -0.3 is 5.32 Å². The van der Waals surface area contributed by atoms with Crippen molar-refractivity contribution in [2.45, 2.75) is 6.18 Å². The fourth-order valence-electron chi connectivity index (χ4n) is 1.37. The normalized spacial score (nSPS) is 11.3. The van der Waals surface area contributed by atoms with Crippen LogP contribution in [-0.4, -0.2) is 11.4 Å². The third-order valence-electron chi connectivity index (χ3n) is 2.13. The molecule has 0 bridgehead atoms. The summed E-state index contributed by atoms with van der Waals surface area (Å²) in [7, 11) is 0. The van der Waals surface area contributed by atoms with E-state index < -0.39 is 11.2 Å². The Morgan fingerprint density at radius 3 is 2.72 bits per heavy atom. The third kappa shape index (κ3) is 2.67. The molecule has 94 valence electrons. The van der Waals surface area contributed by atoms with E-state index >= 15 is 0 Å². The van der Waals surface area contributed by atoms with Gasteiger partial charge in [-0.05, 0) is 12.1 Å². The van der Waals surface area contributed by atoms with Gasteiger partial charge in [0.1, 0.15) is 0 Å². The maximum Gasteiger partial charge on any atom is 0.443 e. The lowest BCUT2D eigenvalue weighted by atomic mass is 10.1. The van der Waals surface area contributed by atoms with Gasteiger partial charge in [0.2, 0.25) is 6.41 Å². The molecule has 0 aliphatic heterocycles. The summed E-state index contributed by atoms with van der Waals surface area (Å²) in [6, 6.07) is 6.46. The molecule has 0 aliphatic carbocycles. The number of alkyl halides is 3. The molecule has 3 nitrogen and oxygen atoms in total. The van der Waals surface area contributed by atoms with E-state index in [2.05, 4.69) is 10.3 Å². The Morgan fingerprint density at radius 2 is 2.11 bits per heavy atom. The molecule has 7 heteroatoms. The first-order valence-corrected chi connectivity index (χ1v) is 5.72. The fraction of sp³-hybridized carbons (Fsp3) is 0.0909. The molecular weight excluding hydrogens is 265 g/mol. The maximum absolute atomic E-state index is 12.4. The van der Waals surface area contributed by atoms with Crippen molar-refractivity contribution in [3.8, 4) is 11.3 Å². The van der Waals surface area contributed by atoms with Crippen molar-refractivity contribution in [1.29, 1.82) is 0 Å². The minimum atomic E-state index is -4.43. The van der Waals surface area contributed by atoms with Gasteiger partial charge in [-0.25, -0.2) is 4.98 Å². The highest BCUT2D eigenvalue weighted by Gasteiger charge is 2.34. The van der Waals surface area contributed by atoms with Crippen molar-refractivity contribution in [3.63, 3.8) is 0 Å². The monoisotopic (exact) mass is 272 g/mol. The molecule has 1 aromatic heterocycles. The molecule has 0 saturated heterocycles. The molecule has 1 N–H and O–H groups in total. The molecule has 1 heterocycles. The van der Waals surface area contributed by atoms with Crippen LogP contribution in [0, 0.1) is 0 Å². The second-order valence-electron chi connectivity index (χ2n) is 3.38. The van der Waals surface area contributed by atoms with Crippen LogP contribution >= 0.6 is 11.3 Å². The molecule has 2 rings (SSSR count). The minimum absolute atomic E-state index is 0.238. The smallest absolute Gasteiger partial charge is 0.329 e. The standard InChI is InChI=1S/C11H7F3N2OS/c12-11(13,14)10-16-9(5-18-10)7-2-1-3-8(4-7)15-6-17/h1-6H,(H,15,17). The average Bonchev–Trinajstić information content (AvgIpc) is 2.78. The number of amides is 1. The first-order valence-electron chi connectivity index (χ1n) is 4.84. The topological polar surface area (TPSA) is 42.0 Å². The predicted molar refractivity (Wildman–Crippen MR) is 62.2 cm³/mol. The van der Waals surface area contributed by atoms with Crippen LogP contribution in [0.25, 0.3) is 11.3 Å². The molecule has 1 aromatic carbocycles. The summed E-state index contributed by atoms with van der Waals surface area (Å²) in [5.41, 5.74) is 1.26. The van der Waals surface area contributed by atoms with Crippen molar-refractivity contribution >= 4 is 23.4 Å². The Morgan fingerprint density at radius 1 is 1.33 bits per heavy atom. The van der Waals surface area contributed by atoms with Gasteiger partial charge >= 0.3 is 6.18 Å². The van der Waals surface area contributed by atoms with Gasteiger partial charge in [-0.2, -0.15) is 13.2 Å². The Balaban J connectivity index is 2.34. The van der Waals surface area contributed by atoms with E-state index in [-0.39, 0.29) is 5.69 Å². The summed E-state index contributed by atoms with van der Waals surface area (Å²) >= 11 is 0.544. The van der Waals surface area contributed by atoms with Crippen molar-refractivity contribution in [2.75, 3.05) is 5.32 Å². The molecule has 0 unspecified atom stereocenters. The van der Waals surface area contributed by atoms with E-state index in [4.69, 9.17) is 0 Å². The number of halogens is 3. The van der Waals surface area contributed by atoms with Crippen molar-refractivity contribution in [3.05, 3.63) is 34.7 Å². The zero-order valence-corrected chi connectivity index (χ0v) is 9.68. The number of aromatic nitrogens is 1. The Labute approximate surface area is 104 Å². The molecule has 0 spiro atoms. The molecule has 18 heavy (non-hydrogen) atoms. The second kappa shape index (κ2) is 4.77. The number of benzene rings is 1. The van der Waals surface area contributed by atoms with E-state index in [1.165, 1.54) is 5.38 Å². The summed E-state index contributed by atoms with van der Waals surface area (Å²) in [6.07, 6.45) is -3.93. The quantitative estimate of drug-likeness (QED) is 0.870. The van der Waals surface area contributed by atoms with Crippen LogP contribution in [0.1, 0.15) is 5.01 Å². The van der Waals surface area contributed by atoms with E-state index in [1.807, 2.05) is 0 Å². The summed E-state index contributed by atoms with van der Waals surface area (Å²) in [6.45, 7) is 0. The highest BCUT2D eigenvalue weighted by Crippen LogP contribution is 2.34. The highest BCUT2D eigenvalue weighted by molar-refractivity contribution is 7.10. The number of hydrogen-bond acceptors (Lipinski definition) is 3. The maximum atomic E-state index is 12.4. The van der Waals surface area contributed by atoms with Crippen LogP contribution < -0.4 is 5.32 Å². The lowest BCUT2D eigenvalue weighted by molar-refractivity contribution is -0.137. The van der Waals surface area contributed by atoms with Gasteiger partial charge in [0, 0.05) is 16.6 Å². The number of carbonyl (C=O) groups excluding carboxylic acids is 1. The first kappa shape index (κ1) is 12.6. The van der Waals surface area contributed by atoms with E-state index in [9.17, 15) is 18.0 Å². The predicted octanol–water partition coefficient (Wildman–Crippen LogP) is 3.40. The number of rotatable bonds is 3. The molecular formula is C11H7F3N2OS. The number of nitrogens with one attached hydrogen (secondary N) is 1. The lowest BCUT2D eigenvalue weighted by Crippen LogP contribution is -2.03. The Kier molecular flexibility index (Phi) is 3.33. The van der Waals surface area contributed by atoms with Crippen LogP contribution in [0.3, 0.4) is 0 Å². The van der Waals surface area contributed by atoms with E-state index in [1.54, 1.807) is 24.3 Å². The highest BCUT2D eigenvalue weighted by atomic mass is 32.1. The van der Waals surface area contributed by atoms with Gasteiger partial charge in [-0.1, -0.05) is 12.1 Å². The molecule has 0 saturated carbocycles. The zero-order chi connectivity index (χ0) is 13.2. The zero-order valence-electron chi connectivity index (χ0n) is 8.86. The lowest BCUT2D eigenvalue weighted by Gasteiger charge is -2.02. The molecule has 0 fully saturated rings. The van der Waals surface area contributed by atoms with Crippen LogP contribution in [0.4, 0.5) is 18.9 Å². The van der Waals surface area contributed by atoms with Crippen molar-refractivity contribution in [2.24, 2.45) is 0 Å². The molecule has 1 amide bonds. The number of carbonyl (C=O) groups is 1. The Bertz CT molecular complexity index is 565. The molecule has 2 aromatic rings. The van der Waals surface area contributed by atoms with Crippen molar-refractivity contribution < 1.29 is 18.0 Å². The van der Waals surface area contributed by atoms with Crippen LogP contribution in [0.5, 0.6) is 0 Å². The summed E-state index contributed by atoms with van der Waals surface area (Å²) in [5, 5.41) is 2.88. The first-order chi connectivity index (χ1) is 8.50. The van der Waals surface area contributed by atoms with E-state index in [0.29, 0.717) is 29.0 Å². The molecule has 0 aliphatic rings. The number of hydrogen-bond donors (Lipinski definition) is 1. The SMILES string of the molecule is O=CNc1cccc(-c2csc(C(F)(F)F)n2)c1. The van der Waals surface area contributed by atoms with Crippen molar-refractivity contribution in [1.82, 2.24) is 4.98 Å². The summed E-state index contributed by atoms with van der Waals surface area (Å²) in [5.74, 6) is 0. The van der Waals surface area contributed by atoms with E-state index in [0.717, 1.165) is 0 Å². The van der Waals surface area contributed by atoms with Gasteiger partial charge in [0.15, 0.2) is 5.01 Å². The number of anilines is 1. The third-order valence-corrected chi connectivity index (χ3v) is 3.02. The average molecular weight is 272 g/mol. The second-order valence-corrected chi connectivity index (χ2v) is 4.24. The minimum Gasteiger partial charge on any atom is -0.329 e. The molecule has 0 atom stereocenters. The number of thiazole rings is 1. The van der Waals surface area contributed by atoms with Gasteiger partial charge in [0.05, 0.1) is 5.69 Å².